The minimum atomic E-state index is 0.496. The number of aryl methyl sites for hydroxylation is 1. The van der Waals surface area contributed by atoms with Crippen LogP contribution in [0.5, 0.6) is 11.5 Å². The van der Waals surface area contributed by atoms with Crippen LogP contribution in [0.2, 0.25) is 0 Å². The van der Waals surface area contributed by atoms with Gasteiger partial charge in [0.05, 0.1) is 12.4 Å². The standard InChI is InChI=1S/C15H21N3O2/c1-2-7-18-12-15(11-17-18)20-9-8-19-14-5-3-13(10-16)4-6-14/h3-6,11-12H,2,7-10,16H2,1H3. The minimum absolute atomic E-state index is 0.496. The Balaban J connectivity index is 1.69. The molecule has 2 rings (SSSR count). The van der Waals surface area contributed by atoms with Gasteiger partial charge in [-0.05, 0) is 24.1 Å². The van der Waals surface area contributed by atoms with E-state index in [0.29, 0.717) is 19.8 Å². The fraction of sp³-hybridized carbons (Fsp3) is 0.400. The summed E-state index contributed by atoms with van der Waals surface area (Å²) in [7, 11) is 0. The third kappa shape index (κ3) is 4.28. The van der Waals surface area contributed by atoms with Crippen LogP contribution < -0.4 is 15.2 Å². The molecular formula is C15H21N3O2. The molecule has 20 heavy (non-hydrogen) atoms. The van der Waals surface area contributed by atoms with Crippen LogP contribution in [-0.4, -0.2) is 23.0 Å². The smallest absolute Gasteiger partial charge is 0.157 e. The number of nitrogens with zero attached hydrogens (tertiary/aromatic N) is 2. The van der Waals surface area contributed by atoms with E-state index in [0.717, 1.165) is 30.0 Å². The molecule has 0 bridgehead atoms. The normalized spacial score (nSPS) is 10.5. The number of hydrogen-bond donors (Lipinski definition) is 1. The Bertz CT molecular complexity index is 508. The van der Waals surface area contributed by atoms with Crippen LogP contribution in [-0.2, 0) is 13.1 Å². The molecule has 5 nitrogen and oxygen atoms in total. The molecule has 1 aromatic carbocycles. The van der Waals surface area contributed by atoms with Gasteiger partial charge in [0.25, 0.3) is 0 Å². The molecule has 5 heteroatoms. The van der Waals surface area contributed by atoms with Crippen molar-refractivity contribution in [2.45, 2.75) is 26.4 Å². The first-order chi connectivity index (χ1) is 9.81. The molecular weight excluding hydrogens is 254 g/mol. The molecule has 0 unspecified atom stereocenters. The molecule has 1 aromatic heterocycles. The molecule has 0 atom stereocenters. The lowest BCUT2D eigenvalue weighted by Crippen LogP contribution is -2.08. The van der Waals surface area contributed by atoms with Crippen molar-refractivity contribution in [2.24, 2.45) is 5.73 Å². The van der Waals surface area contributed by atoms with Crippen molar-refractivity contribution in [2.75, 3.05) is 13.2 Å². The predicted molar refractivity (Wildman–Crippen MR) is 77.8 cm³/mol. The molecule has 0 saturated carbocycles. The molecule has 0 saturated heterocycles. The number of nitrogens with two attached hydrogens (primary N) is 1. The van der Waals surface area contributed by atoms with Crippen LogP contribution in [0, 0.1) is 0 Å². The monoisotopic (exact) mass is 275 g/mol. The van der Waals surface area contributed by atoms with Gasteiger partial charge in [0.1, 0.15) is 19.0 Å². The zero-order chi connectivity index (χ0) is 14.2. The summed E-state index contributed by atoms with van der Waals surface area (Å²) in [6, 6.07) is 7.76. The average Bonchev–Trinajstić information content (AvgIpc) is 2.92. The van der Waals surface area contributed by atoms with Gasteiger partial charge in [0.2, 0.25) is 0 Å². The lowest BCUT2D eigenvalue weighted by molar-refractivity contribution is 0.217. The molecule has 0 aliphatic heterocycles. The first kappa shape index (κ1) is 14.4. The van der Waals surface area contributed by atoms with E-state index in [1.807, 2.05) is 35.1 Å². The van der Waals surface area contributed by atoms with Gasteiger partial charge in [-0.3, -0.25) is 4.68 Å². The maximum Gasteiger partial charge on any atom is 0.157 e. The molecule has 0 fully saturated rings. The lowest BCUT2D eigenvalue weighted by atomic mass is 10.2. The molecule has 1 heterocycles. The number of ether oxygens (including phenoxy) is 2. The van der Waals surface area contributed by atoms with Crippen LogP contribution in [0.4, 0.5) is 0 Å². The van der Waals surface area contributed by atoms with E-state index in [2.05, 4.69) is 12.0 Å². The largest absolute Gasteiger partial charge is 0.490 e. The van der Waals surface area contributed by atoms with E-state index < -0.39 is 0 Å². The van der Waals surface area contributed by atoms with Crippen molar-refractivity contribution < 1.29 is 9.47 Å². The Kier molecular flexibility index (Phi) is 5.43. The summed E-state index contributed by atoms with van der Waals surface area (Å²) in [4.78, 5) is 0. The summed E-state index contributed by atoms with van der Waals surface area (Å²) in [5.74, 6) is 1.60. The number of benzene rings is 1. The van der Waals surface area contributed by atoms with Crippen molar-refractivity contribution >= 4 is 0 Å². The van der Waals surface area contributed by atoms with Crippen molar-refractivity contribution in [1.29, 1.82) is 0 Å². The molecule has 2 N–H and O–H groups in total. The van der Waals surface area contributed by atoms with Gasteiger partial charge < -0.3 is 15.2 Å². The van der Waals surface area contributed by atoms with Crippen molar-refractivity contribution in [3.63, 3.8) is 0 Å². The highest BCUT2D eigenvalue weighted by atomic mass is 16.5. The van der Waals surface area contributed by atoms with Crippen LogP contribution in [0.3, 0.4) is 0 Å². The fourth-order valence-electron chi connectivity index (χ4n) is 1.81. The van der Waals surface area contributed by atoms with Crippen LogP contribution >= 0.6 is 0 Å². The van der Waals surface area contributed by atoms with Gasteiger partial charge in [-0.2, -0.15) is 5.10 Å². The highest BCUT2D eigenvalue weighted by Gasteiger charge is 1.99. The Morgan fingerprint density at radius 1 is 1.10 bits per heavy atom. The predicted octanol–water partition coefficient (Wildman–Crippen LogP) is 2.21. The van der Waals surface area contributed by atoms with E-state index in [4.69, 9.17) is 15.2 Å². The molecule has 0 radical (unpaired) electrons. The van der Waals surface area contributed by atoms with Gasteiger partial charge >= 0.3 is 0 Å². The second kappa shape index (κ2) is 7.55. The SMILES string of the molecule is CCCn1cc(OCCOc2ccc(CN)cc2)cn1. The fourth-order valence-corrected chi connectivity index (χ4v) is 1.81. The second-order valence-electron chi connectivity index (χ2n) is 4.48. The molecule has 0 aliphatic carbocycles. The van der Waals surface area contributed by atoms with Crippen molar-refractivity contribution in [1.82, 2.24) is 9.78 Å². The maximum atomic E-state index is 5.59. The Hall–Kier alpha value is -2.01. The Labute approximate surface area is 119 Å². The van der Waals surface area contributed by atoms with E-state index in [-0.39, 0.29) is 0 Å². The zero-order valence-electron chi connectivity index (χ0n) is 11.8. The van der Waals surface area contributed by atoms with Gasteiger partial charge in [0.15, 0.2) is 5.75 Å². The third-order valence-electron chi connectivity index (χ3n) is 2.84. The summed E-state index contributed by atoms with van der Waals surface area (Å²) in [6.45, 7) is 4.57. The zero-order valence-corrected chi connectivity index (χ0v) is 11.8. The highest BCUT2D eigenvalue weighted by molar-refractivity contribution is 5.27. The van der Waals surface area contributed by atoms with Crippen LogP contribution in [0.1, 0.15) is 18.9 Å². The molecule has 2 aromatic rings. The number of aromatic nitrogens is 2. The first-order valence-corrected chi connectivity index (χ1v) is 6.89. The summed E-state index contributed by atoms with van der Waals surface area (Å²) in [5.41, 5.74) is 6.64. The summed E-state index contributed by atoms with van der Waals surface area (Å²) >= 11 is 0. The summed E-state index contributed by atoms with van der Waals surface area (Å²) in [6.07, 6.45) is 4.69. The van der Waals surface area contributed by atoms with E-state index in [9.17, 15) is 0 Å². The summed E-state index contributed by atoms with van der Waals surface area (Å²) < 4.78 is 13.0. The maximum absolute atomic E-state index is 5.59. The Morgan fingerprint density at radius 2 is 1.80 bits per heavy atom. The van der Waals surface area contributed by atoms with Gasteiger partial charge in [0, 0.05) is 13.1 Å². The van der Waals surface area contributed by atoms with Gasteiger partial charge in [-0.15, -0.1) is 0 Å². The highest BCUT2D eigenvalue weighted by Crippen LogP contribution is 2.12. The van der Waals surface area contributed by atoms with E-state index >= 15 is 0 Å². The van der Waals surface area contributed by atoms with Crippen LogP contribution in [0.15, 0.2) is 36.7 Å². The lowest BCUT2D eigenvalue weighted by Gasteiger charge is -2.07. The van der Waals surface area contributed by atoms with Crippen molar-refractivity contribution in [3.05, 3.63) is 42.2 Å². The summed E-state index contributed by atoms with van der Waals surface area (Å²) in [5, 5.41) is 4.20. The van der Waals surface area contributed by atoms with Gasteiger partial charge in [-0.1, -0.05) is 19.1 Å². The number of rotatable bonds is 8. The second-order valence-corrected chi connectivity index (χ2v) is 4.48. The first-order valence-electron chi connectivity index (χ1n) is 6.89. The van der Waals surface area contributed by atoms with Crippen molar-refractivity contribution in [3.8, 4) is 11.5 Å². The van der Waals surface area contributed by atoms with Crippen LogP contribution in [0.25, 0.3) is 0 Å². The van der Waals surface area contributed by atoms with E-state index in [1.165, 1.54) is 0 Å². The molecule has 0 spiro atoms. The molecule has 0 aliphatic rings. The van der Waals surface area contributed by atoms with E-state index in [1.54, 1.807) is 6.20 Å². The molecule has 108 valence electrons. The minimum Gasteiger partial charge on any atom is -0.490 e. The quantitative estimate of drug-likeness (QED) is 0.750. The average molecular weight is 275 g/mol. The Morgan fingerprint density at radius 3 is 2.45 bits per heavy atom. The third-order valence-corrected chi connectivity index (χ3v) is 2.84. The topological polar surface area (TPSA) is 62.3 Å². The van der Waals surface area contributed by atoms with Gasteiger partial charge in [-0.25, -0.2) is 0 Å². The number of hydrogen-bond acceptors (Lipinski definition) is 4. The molecule has 0 amide bonds.